The maximum atomic E-state index is 7.90. The lowest BCUT2D eigenvalue weighted by Gasteiger charge is -2.11. The van der Waals surface area contributed by atoms with Gasteiger partial charge in [0.2, 0.25) is 6.79 Å². The Hall–Kier alpha value is -2.70. The van der Waals surface area contributed by atoms with E-state index in [9.17, 15) is 0 Å². The fourth-order valence-electron chi connectivity index (χ4n) is 2.25. The third kappa shape index (κ3) is 3.30. The van der Waals surface area contributed by atoms with Gasteiger partial charge in [0.25, 0.3) is 0 Å². The molecule has 0 radical (unpaired) electrons. The number of aromatic nitrogens is 2. The summed E-state index contributed by atoms with van der Waals surface area (Å²) in [6, 6.07) is 5.52. The molecule has 1 aliphatic rings. The molecule has 0 fully saturated rings. The lowest BCUT2D eigenvalue weighted by Crippen LogP contribution is -2.30. The molecule has 0 unspecified atom stereocenters. The summed E-state index contributed by atoms with van der Waals surface area (Å²) in [5, 5.41) is 13.9. The van der Waals surface area contributed by atoms with Crippen molar-refractivity contribution < 1.29 is 9.47 Å². The highest BCUT2D eigenvalue weighted by Gasteiger charge is 2.13. The first kappa shape index (κ1) is 14.2. The number of anilines is 1. The minimum Gasteiger partial charge on any atom is -0.454 e. The number of rotatable bonds is 5. The molecule has 22 heavy (non-hydrogen) atoms. The van der Waals surface area contributed by atoms with Crippen molar-refractivity contribution in [3.8, 4) is 11.5 Å². The Morgan fingerprint density at radius 1 is 1.36 bits per heavy atom. The Morgan fingerprint density at radius 2 is 2.23 bits per heavy atom. The quantitative estimate of drug-likeness (QED) is 0.446. The summed E-state index contributed by atoms with van der Waals surface area (Å²) in [4.78, 5) is 4.09. The molecule has 1 aliphatic heterocycles. The maximum absolute atomic E-state index is 7.90. The van der Waals surface area contributed by atoms with E-state index in [1.165, 1.54) is 0 Å². The Labute approximate surface area is 128 Å². The van der Waals surface area contributed by atoms with Crippen LogP contribution >= 0.6 is 0 Å². The number of ether oxygens (including phenoxy) is 2. The SMILES string of the molecule is Cc1cncn1CCCNC(=N)Nc1ccc2c(c1)OCO2. The summed E-state index contributed by atoms with van der Waals surface area (Å²) >= 11 is 0. The van der Waals surface area contributed by atoms with E-state index in [1.807, 2.05) is 37.6 Å². The molecule has 1 aromatic carbocycles. The van der Waals surface area contributed by atoms with Gasteiger partial charge in [-0.3, -0.25) is 5.41 Å². The molecule has 2 heterocycles. The molecule has 0 saturated carbocycles. The van der Waals surface area contributed by atoms with Crippen molar-refractivity contribution in [2.75, 3.05) is 18.7 Å². The highest BCUT2D eigenvalue weighted by Crippen LogP contribution is 2.34. The monoisotopic (exact) mass is 301 g/mol. The Balaban J connectivity index is 1.42. The maximum Gasteiger partial charge on any atom is 0.231 e. The van der Waals surface area contributed by atoms with Gasteiger partial charge in [0, 0.05) is 36.7 Å². The van der Waals surface area contributed by atoms with Crippen LogP contribution in [0.3, 0.4) is 0 Å². The lowest BCUT2D eigenvalue weighted by atomic mass is 10.3. The first-order valence-electron chi connectivity index (χ1n) is 7.18. The Bertz CT molecular complexity index is 668. The third-order valence-electron chi connectivity index (χ3n) is 3.44. The molecular formula is C15H19N5O2. The van der Waals surface area contributed by atoms with Crippen molar-refractivity contribution in [1.82, 2.24) is 14.9 Å². The average Bonchev–Trinajstić information content (AvgIpc) is 3.12. The highest BCUT2D eigenvalue weighted by molar-refractivity contribution is 5.91. The van der Waals surface area contributed by atoms with Crippen LogP contribution in [0.4, 0.5) is 5.69 Å². The van der Waals surface area contributed by atoms with E-state index in [1.54, 1.807) is 0 Å². The lowest BCUT2D eigenvalue weighted by molar-refractivity contribution is 0.174. The van der Waals surface area contributed by atoms with E-state index < -0.39 is 0 Å². The van der Waals surface area contributed by atoms with E-state index in [0.717, 1.165) is 30.1 Å². The summed E-state index contributed by atoms with van der Waals surface area (Å²) in [6.45, 7) is 3.88. The molecule has 3 rings (SSSR count). The van der Waals surface area contributed by atoms with Crippen LogP contribution in [0.1, 0.15) is 12.1 Å². The van der Waals surface area contributed by atoms with Crippen LogP contribution < -0.4 is 20.1 Å². The van der Waals surface area contributed by atoms with Crippen LogP contribution in [0, 0.1) is 12.3 Å². The van der Waals surface area contributed by atoms with E-state index in [-0.39, 0.29) is 12.8 Å². The number of guanidine groups is 1. The number of aryl methyl sites for hydroxylation is 2. The van der Waals surface area contributed by atoms with Crippen molar-refractivity contribution in [2.45, 2.75) is 19.9 Å². The summed E-state index contributed by atoms with van der Waals surface area (Å²) in [5.74, 6) is 1.70. The smallest absolute Gasteiger partial charge is 0.231 e. The van der Waals surface area contributed by atoms with Crippen molar-refractivity contribution >= 4 is 11.6 Å². The topological polar surface area (TPSA) is 84.2 Å². The zero-order chi connectivity index (χ0) is 15.4. The number of hydrogen-bond donors (Lipinski definition) is 3. The zero-order valence-electron chi connectivity index (χ0n) is 12.4. The number of nitrogens with zero attached hydrogens (tertiary/aromatic N) is 2. The largest absolute Gasteiger partial charge is 0.454 e. The molecule has 0 atom stereocenters. The van der Waals surface area contributed by atoms with Crippen LogP contribution in [0.25, 0.3) is 0 Å². The van der Waals surface area contributed by atoms with Gasteiger partial charge in [-0.2, -0.15) is 0 Å². The number of hydrogen-bond acceptors (Lipinski definition) is 4. The standard InChI is InChI=1S/C15H19N5O2/c1-11-8-17-9-20(11)6-2-5-18-15(16)19-12-3-4-13-14(7-12)22-10-21-13/h3-4,7-9H,2,5-6,10H2,1H3,(H3,16,18,19). The van der Waals surface area contributed by atoms with Crippen LogP contribution in [0.15, 0.2) is 30.7 Å². The first-order chi connectivity index (χ1) is 10.7. The van der Waals surface area contributed by atoms with E-state index in [2.05, 4.69) is 20.2 Å². The number of nitrogens with one attached hydrogen (secondary N) is 3. The second-order valence-electron chi connectivity index (χ2n) is 5.08. The van der Waals surface area contributed by atoms with Crippen molar-refractivity contribution in [3.63, 3.8) is 0 Å². The molecule has 7 heteroatoms. The summed E-state index contributed by atoms with van der Waals surface area (Å²) in [5.41, 5.74) is 1.95. The Morgan fingerprint density at radius 3 is 3.05 bits per heavy atom. The Kier molecular flexibility index (Phi) is 4.13. The van der Waals surface area contributed by atoms with Gasteiger partial charge in [-0.15, -0.1) is 0 Å². The van der Waals surface area contributed by atoms with Crippen molar-refractivity contribution in [3.05, 3.63) is 36.4 Å². The van der Waals surface area contributed by atoms with Crippen LogP contribution in [0.5, 0.6) is 11.5 Å². The molecule has 1 aromatic heterocycles. The fraction of sp³-hybridized carbons (Fsp3) is 0.333. The van der Waals surface area contributed by atoms with E-state index in [4.69, 9.17) is 14.9 Å². The minimum absolute atomic E-state index is 0.252. The molecule has 0 saturated heterocycles. The second-order valence-corrected chi connectivity index (χ2v) is 5.08. The van der Waals surface area contributed by atoms with Crippen molar-refractivity contribution in [2.24, 2.45) is 0 Å². The molecule has 7 nitrogen and oxygen atoms in total. The summed E-state index contributed by atoms with van der Waals surface area (Å²) < 4.78 is 12.7. The van der Waals surface area contributed by atoms with Gasteiger partial charge in [0.15, 0.2) is 17.5 Å². The predicted octanol–water partition coefficient (Wildman–Crippen LogP) is 1.95. The number of benzene rings is 1. The van der Waals surface area contributed by atoms with Crippen molar-refractivity contribution in [1.29, 1.82) is 5.41 Å². The average molecular weight is 301 g/mol. The predicted molar refractivity (Wildman–Crippen MR) is 83.5 cm³/mol. The van der Waals surface area contributed by atoms with Crippen LogP contribution in [-0.2, 0) is 6.54 Å². The second kappa shape index (κ2) is 6.38. The molecular weight excluding hydrogens is 282 g/mol. The number of fused-ring (bicyclic) bond motifs is 1. The normalized spacial score (nSPS) is 12.2. The first-order valence-corrected chi connectivity index (χ1v) is 7.18. The summed E-state index contributed by atoms with van der Waals surface area (Å²) in [7, 11) is 0. The zero-order valence-corrected chi connectivity index (χ0v) is 12.4. The van der Waals surface area contributed by atoms with E-state index >= 15 is 0 Å². The van der Waals surface area contributed by atoms with Gasteiger partial charge in [-0.1, -0.05) is 0 Å². The van der Waals surface area contributed by atoms with E-state index in [0.29, 0.717) is 12.3 Å². The van der Waals surface area contributed by atoms with Gasteiger partial charge in [-0.05, 0) is 25.5 Å². The number of imidazole rings is 1. The van der Waals surface area contributed by atoms with Gasteiger partial charge < -0.3 is 24.7 Å². The van der Waals surface area contributed by atoms with Gasteiger partial charge in [0.1, 0.15) is 0 Å². The summed E-state index contributed by atoms with van der Waals surface area (Å²) in [6.07, 6.45) is 4.59. The van der Waals surface area contributed by atoms with Gasteiger partial charge in [0.05, 0.1) is 6.33 Å². The molecule has 0 aliphatic carbocycles. The third-order valence-corrected chi connectivity index (χ3v) is 3.44. The molecule has 2 aromatic rings. The highest BCUT2D eigenvalue weighted by atomic mass is 16.7. The molecule has 3 N–H and O–H groups in total. The van der Waals surface area contributed by atoms with Gasteiger partial charge in [-0.25, -0.2) is 4.98 Å². The van der Waals surface area contributed by atoms with Crippen LogP contribution in [-0.4, -0.2) is 28.8 Å². The fourth-order valence-corrected chi connectivity index (χ4v) is 2.25. The van der Waals surface area contributed by atoms with Gasteiger partial charge >= 0.3 is 0 Å². The molecule has 116 valence electrons. The molecule has 0 spiro atoms. The molecule has 0 amide bonds. The molecule has 0 bridgehead atoms. The van der Waals surface area contributed by atoms with Crippen LogP contribution in [0.2, 0.25) is 0 Å². The minimum atomic E-state index is 0.252.